The molecule has 0 unspecified atom stereocenters. The molecule has 0 saturated carbocycles. The number of nitrogens with one attached hydrogen (secondary N) is 1. The van der Waals surface area contributed by atoms with Crippen molar-refractivity contribution in [3.05, 3.63) is 10.4 Å². The Bertz CT molecular complexity index is 615. The summed E-state index contributed by atoms with van der Waals surface area (Å²) < 4.78 is 5.90. The fraction of sp³-hybridized carbons (Fsp3) is 0.364. The number of thiophene rings is 1. The normalized spacial score (nSPS) is 10.6. The van der Waals surface area contributed by atoms with Gasteiger partial charge in [-0.05, 0) is 19.4 Å². The summed E-state index contributed by atoms with van der Waals surface area (Å²) in [7, 11) is 0. The van der Waals surface area contributed by atoms with Gasteiger partial charge in [0.1, 0.15) is 9.71 Å². The lowest BCUT2D eigenvalue weighted by molar-refractivity contribution is -0.114. The molecule has 0 bridgehead atoms. The Kier molecular flexibility index (Phi) is 3.63. The molecule has 0 radical (unpaired) electrons. The second-order valence-corrected chi connectivity index (χ2v) is 5.61. The monoisotopic (exact) mass is 284 g/mol. The van der Waals surface area contributed by atoms with Crippen molar-refractivity contribution in [2.75, 3.05) is 11.9 Å². The Balaban J connectivity index is 2.37. The van der Waals surface area contributed by atoms with Gasteiger partial charge < -0.3 is 10.1 Å². The largest absolute Gasteiger partial charge is 0.462 e. The van der Waals surface area contributed by atoms with Crippen LogP contribution >= 0.6 is 22.7 Å². The molecule has 2 aromatic heterocycles. The lowest BCUT2D eigenvalue weighted by atomic mass is 10.3. The Labute approximate surface area is 112 Å². The summed E-state index contributed by atoms with van der Waals surface area (Å²) in [6.45, 7) is 5.43. The van der Waals surface area contributed by atoms with E-state index in [-0.39, 0.29) is 11.9 Å². The highest BCUT2D eigenvalue weighted by Gasteiger charge is 2.19. The minimum Gasteiger partial charge on any atom is -0.462 e. The highest BCUT2D eigenvalue weighted by Crippen LogP contribution is 2.37. The van der Waals surface area contributed by atoms with Crippen molar-refractivity contribution in [2.24, 2.45) is 0 Å². The van der Waals surface area contributed by atoms with E-state index >= 15 is 0 Å². The van der Waals surface area contributed by atoms with Gasteiger partial charge in [-0.2, -0.15) is 0 Å². The number of amides is 1. The number of aromatic nitrogens is 1. The lowest BCUT2D eigenvalue weighted by Gasteiger charge is -1.99. The average Bonchev–Trinajstić information content (AvgIpc) is 2.78. The fourth-order valence-electron chi connectivity index (χ4n) is 1.48. The van der Waals surface area contributed by atoms with Crippen LogP contribution in [-0.4, -0.2) is 23.5 Å². The minimum atomic E-state index is -0.314. The number of ether oxygens (including phenoxy) is 1. The van der Waals surface area contributed by atoms with Crippen LogP contribution < -0.4 is 5.32 Å². The maximum Gasteiger partial charge on any atom is 0.348 e. The van der Waals surface area contributed by atoms with Crippen LogP contribution in [-0.2, 0) is 9.53 Å². The quantitative estimate of drug-likeness (QED) is 0.880. The Morgan fingerprint density at radius 2 is 2.11 bits per heavy atom. The molecule has 0 aliphatic rings. The Morgan fingerprint density at radius 1 is 1.39 bits per heavy atom. The molecular weight excluding hydrogens is 272 g/mol. The minimum absolute atomic E-state index is 0.153. The van der Waals surface area contributed by atoms with Crippen LogP contribution in [0.1, 0.15) is 29.1 Å². The zero-order valence-electron chi connectivity index (χ0n) is 10.2. The summed E-state index contributed by atoms with van der Waals surface area (Å²) in [4.78, 5) is 28.2. The van der Waals surface area contributed by atoms with Crippen molar-refractivity contribution in [3.8, 4) is 0 Å². The lowest BCUT2D eigenvalue weighted by Crippen LogP contribution is -2.05. The Hall–Kier alpha value is -1.47. The van der Waals surface area contributed by atoms with E-state index in [1.54, 1.807) is 6.92 Å². The van der Waals surface area contributed by atoms with Crippen LogP contribution in [0.5, 0.6) is 0 Å². The number of esters is 1. The van der Waals surface area contributed by atoms with E-state index in [4.69, 9.17) is 4.74 Å². The number of thiazole rings is 1. The molecule has 2 rings (SSSR count). The van der Waals surface area contributed by atoms with Gasteiger partial charge in [-0.15, -0.1) is 11.3 Å². The van der Waals surface area contributed by atoms with Gasteiger partial charge >= 0.3 is 5.97 Å². The third-order valence-corrected chi connectivity index (χ3v) is 4.61. The van der Waals surface area contributed by atoms with Gasteiger partial charge in [-0.3, -0.25) is 4.79 Å². The maximum atomic E-state index is 11.7. The third kappa shape index (κ3) is 2.37. The number of anilines is 1. The van der Waals surface area contributed by atoms with Gasteiger partial charge in [0.2, 0.25) is 5.91 Å². The number of aryl methyl sites for hydroxylation is 1. The molecular formula is C11H12N2O3S2. The van der Waals surface area contributed by atoms with Gasteiger partial charge in [-0.25, -0.2) is 9.78 Å². The van der Waals surface area contributed by atoms with E-state index in [1.165, 1.54) is 29.6 Å². The molecule has 0 fully saturated rings. The van der Waals surface area contributed by atoms with Crippen LogP contribution in [0.4, 0.5) is 5.13 Å². The van der Waals surface area contributed by atoms with Gasteiger partial charge in [-0.1, -0.05) is 11.3 Å². The highest BCUT2D eigenvalue weighted by molar-refractivity contribution is 7.30. The van der Waals surface area contributed by atoms with Crippen LogP contribution in [0.25, 0.3) is 9.53 Å². The summed E-state index contributed by atoms with van der Waals surface area (Å²) in [5.74, 6) is -0.467. The van der Waals surface area contributed by atoms with Crippen molar-refractivity contribution < 1.29 is 14.3 Å². The van der Waals surface area contributed by atoms with Gasteiger partial charge in [0, 0.05) is 6.92 Å². The maximum absolute atomic E-state index is 11.7. The molecule has 0 spiro atoms. The molecule has 0 atom stereocenters. The Morgan fingerprint density at radius 3 is 2.67 bits per heavy atom. The number of carbonyl (C=O) groups excluding carboxylic acids is 2. The van der Waals surface area contributed by atoms with Crippen molar-refractivity contribution in [3.63, 3.8) is 0 Å². The molecule has 2 aromatic rings. The molecule has 7 heteroatoms. The number of rotatable bonds is 3. The molecule has 0 aliphatic heterocycles. The molecule has 18 heavy (non-hydrogen) atoms. The van der Waals surface area contributed by atoms with Gasteiger partial charge in [0.15, 0.2) is 5.13 Å². The standard InChI is InChI=1S/C11H12N2O3S2/c1-4-16-10(15)8-5(2)7-9(17-8)13-11(18-7)12-6(3)14/h4H2,1-3H3,(H,12,13,14). The number of hydrogen-bond acceptors (Lipinski definition) is 6. The highest BCUT2D eigenvalue weighted by atomic mass is 32.1. The summed E-state index contributed by atoms with van der Waals surface area (Å²) >= 11 is 2.66. The molecule has 2 heterocycles. The average molecular weight is 284 g/mol. The van der Waals surface area contributed by atoms with Gasteiger partial charge in [0.25, 0.3) is 0 Å². The predicted octanol–water partition coefficient (Wildman–Crippen LogP) is 2.80. The van der Waals surface area contributed by atoms with E-state index in [9.17, 15) is 9.59 Å². The van der Waals surface area contributed by atoms with Gasteiger partial charge in [0.05, 0.1) is 11.3 Å². The zero-order valence-corrected chi connectivity index (χ0v) is 11.8. The first-order chi connectivity index (χ1) is 8.52. The zero-order chi connectivity index (χ0) is 13.3. The topological polar surface area (TPSA) is 68.3 Å². The van der Waals surface area contributed by atoms with E-state index in [0.29, 0.717) is 16.6 Å². The van der Waals surface area contributed by atoms with Crippen molar-refractivity contribution in [1.82, 2.24) is 4.98 Å². The van der Waals surface area contributed by atoms with Crippen molar-refractivity contribution in [1.29, 1.82) is 0 Å². The van der Waals surface area contributed by atoms with E-state index in [0.717, 1.165) is 15.1 Å². The first kappa shape index (κ1) is 13.0. The number of nitrogens with zero attached hydrogens (tertiary/aromatic N) is 1. The van der Waals surface area contributed by atoms with Crippen LogP contribution in [0.15, 0.2) is 0 Å². The molecule has 0 aliphatic carbocycles. The number of fused-ring (bicyclic) bond motifs is 1. The fourth-order valence-corrected chi connectivity index (χ4v) is 3.74. The summed E-state index contributed by atoms with van der Waals surface area (Å²) in [6.07, 6.45) is 0. The molecule has 1 amide bonds. The second-order valence-electron chi connectivity index (χ2n) is 3.61. The summed E-state index contributed by atoms with van der Waals surface area (Å²) in [6, 6.07) is 0. The molecule has 0 aromatic carbocycles. The summed E-state index contributed by atoms with van der Waals surface area (Å²) in [5, 5.41) is 3.20. The van der Waals surface area contributed by atoms with E-state index < -0.39 is 0 Å². The molecule has 0 saturated heterocycles. The van der Waals surface area contributed by atoms with Crippen LogP contribution in [0.2, 0.25) is 0 Å². The van der Waals surface area contributed by atoms with Crippen LogP contribution in [0.3, 0.4) is 0 Å². The first-order valence-corrected chi connectivity index (χ1v) is 7.00. The van der Waals surface area contributed by atoms with E-state index in [2.05, 4.69) is 10.3 Å². The van der Waals surface area contributed by atoms with Crippen LogP contribution in [0, 0.1) is 6.92 Å². The number of hydrogen-bond donors (Lipinski definition) is 1. The van der Waals surface area contributed by atoms with E-state index in [1.807, 2.05) is 6.92 Å². The predicted molar refractivity (Wildman–Crippen MR) is 72.5 cm³/mol. The van der Waals surface area contributed by atoms with Crippen molar-refractivity contribution in [2.45, 2.75) is 20.8 Å². The molecule has 5 nitrogen and oxygen atoms in total. The molecule has 96 valence electrons. The SMILES string of the molecule is CCOC(=O)c1sc2nc(NC(C)=O)sc2c1C. The number of carbonyl (C=O) groups is 2. The first-order valence-electron chi connectivity index (χ1n) is 5.37. The van der Waals surface area contributed by atoms with Crippen molar-refractivity contribution >= 4 is 49.2 Å². The second kappa shape index (κ2) is 5.03. The summed E-state index contributed by atoms with van der Waals surface area (Å²) in [5.41, 5.74) is 0.863. The smallest absolute Gasteiger partial charge is 0.348 e. The molecule has 1 N–H and O–H groups in total. The third-order valence-electron chi connectivity index (χ3n) is 2.22.